The average molecular weight is 251 g/mol. The van der Waals surface area contributed by atoms with Crippen molar-refractivity contribution in [2.75, 3.05) is 0 Å². The van der Waals surface area contributed by atoms with E-state index >= 15 is 0 Å². The quantitative estimate of drug-likeness (QED) is 0.655. The molecule has 17 heavy (non-hydrogen) atoms. The van der Waals surface area contributed by atoms with Crippen LogP contribution in [0.2, 0.25) is 0 Å². The van der Waals surface area contributed by atoms with Crippen LogP contribution in [0.4, 0.5) is 0 Å². The van der Waals surface area contributed by atoms with Crippen LogP contribution in [0.15, 0.2) is 30.3 Å². The number of benzene rings is 1. The first-order chi connectivity index (χ1) is 8.15. The first-order valence-corrected chi connectivity index (χ1v) is 6.00. The number of rotatable bonds is 4. The summed E-state index contributed by atoms with van der Waals surface area (Å²) in [6.45, 7) is 1.86. The minimum absolute atomic E-state index is 0.190. The number of carbonyl (C=O) groups is 1. The Kier molecular flexibility index (Phi) is 5.71. The van der Waals surface area contributed by atoms with Gasteiger partial charge in [0.2, 0.25) is 0 Å². The summed E-state index contributed by atoms with van der Waals surface area (Å²) in [6.07, 6.45) is 0. The molecule has 2 atom stereocenters. The second-order valence-corrected chi connectivity index (χ2v) is 4.07. The molecule has 0 spiro atoms. The molecule has 0 aliphatic rings. The van der Waals surface area contributed by atoms with Gasteiger partial charge in [-0.05, 0) is 0 Å². The maximum atomic E-state index is 11.5. The Labute approximate surface area is 101 Å². The molecular weight excluding hydrogens is 237 g/mol. The molecular formula is C12H14NO3P. The van der Waals surface area contributed by atoms with Crippen molar-refractivity contribution in [2.24, 2.45) is 11.7 Å². The van der Waals surface area contributed by atoms with E-state index in [9.17, 15) is 9.36 Å². The van der Waals surface area contributed by atoms with Crippen LogP contribution >= 0.6 is 7.92 Å². The van der Waals surface area contributed by atoms with Crippen LogP contribution in [0.3, 0.4) is 0 Å². The third kappa shape index (κ3) is 4.58. The van der Waals surface area contributed by atoms with E-state index in [0.717, 1.165) is 5.56 Å². The maximum absolute atomic E-state index is 11.5. The summed E-state index contributed by atoms with van der Waals surface area (Å²) in [6, 6.07) is 8.50. The first-order valence-electron chi connectivity index (χ1n) is 5.19. The predicted octanol–water partition coefficient (Wildman–Crippen LogP) is 1.94. The fourth-order valence-electron chi connectivity index (χ4n) is 1.19. The standard InChI is InChI=1S/C12H14NO3P/c1-9(8-17-15)11(13)12(14)16-7-10-5-3-2-4-6-10/h2-6,9,11H,7,13H2,1H3/t9?,11-/m0/s1. The Hall–Kier alpha value is -1.34. The fraction of sp³-hybridized carbons (Fsp3) is 0.333. The van der Waals surface area contributed by atoms with Gasteiger partial charge in [-0.2, -0.15) is 0 Å². The molecule has 0 radical (unpaired) electrons. The number of ether oxygens (including phenoxy) is 1. The van der Waals surface area contributed by atoms with E-state index in [1.54, 1.807) is 6.92 Å². The van der Waals surface area contributed by atoms with Gasteiger partial charge in [0.15, 0.2) is 0 Å². The molecule has 0 aliphatic carbocycles. The van der Waals surface area contributed by atoms with E-state index in [2.05, 4.69) is 5.63 Å². The number of carbonyl (C=O) groups excluding carboxylic acids is 1. The Bertz CT molecular complexity index is 469. The summed E-state index contributed by atoms with van der Waals surface area (Å²) in [7, 11) is -0.254. The van der Waals surface area contributed by atoms with Crippen molar-refractivity contribution < 1.29 is 14.1 Å². The fourth-order valence-corrected chi connectivity index (χ4v) is 1.52. The molecule has 0 heterocycles. The van der Waals surface area contributed by atoms with E-state index < -0.39 is 17.9 Å². The molecule has 0 fully saturated rings. The summed E-state index contributed by atoms with van der Waals surface area (Å²) >= 11 is 0. The molecule has 5 heteroatoms. The van der Waals surface area contributed by atoms with Crippen LogP contribution in [0, 0.1) is 11.5 Å². The second kappa shape index (κ2) is 7.08. The second-order valence-electron chi connectivity index (χ2n) is 3.63. The van der Waals surface area contributed by atoms with Gasteiger partial charge in [0, 0.05) is 0 Å². The van der Waals surface area contributed by atoms with Crippen LogP contribution in [0.25, 0.3) is 0 Å². The molecule has 0 aliphatic heterocycles. The van der Waals surface area contributed by atoms with E-state index in [0.29, 0.717) is 0 Å². The molecule has 0 aromatic heterocycles. The Balaban J connectivity index is 2.49. The Morgan fingerprint density at radius 2 is 2.12 bits per heavy atom. The zero-order chi connectivity index (χ0) is 12.7. The Morgan fingerprint density at radius 3 is 2.71 bits per heavy atom. The summed E-state index contributed by atoms with van der Waals surface area (Å²) in [4.78, 5) is 11.5. The van der Waals surface area contributed by atoms with Gasteiger partial charge >= 0.3 is 101 Å². The molecule has 4 nitrogen and oxygen atoms in total. The normalized spacial score (nSPS) is 13.3. The van der Waals surface area contributed by atoms with E-state index in [1.807, 2.05) is 30.3 Å². The van der Waals surface area contributed by atoms with Gasteiger partial charge in [-0.15, -0.1) is 0 Å². The number of hydrogen-bond acceptors (Lipinski definition) is 4. The Morgan fingerprint density at radius 1 is 1.47 bits per heavy atom. The third-order valence-electron chi connectivity index (χ3n) is 2.29. The molecule has 0 saturated carbocycles. The van der Waals surface area contributed by atoms with Gasteiger partial charge < -0.3 is 0 Å². The molecule has 1 unspecified atom stereocenters. The van der Waals surface area contributed by atoms with E-state index in [-0.39, 0.29) is 14.5 Å². The third-order valence-corrected chi connectivity index (χ3v) is 2.80. The van der Waals surface area contributed by atoms with Crippen molar-refractivity contribution >= 4 is 13.9 Å². The number of esters is 1. The molecule has 1 aromatic rings. The monoisotopic (exact) mass is 251 g/mol. The summed E-state index contributed by atoms with van der Waals surface area (Å²) < 4.78 is 15.3. The summed E-state index contributed by atoms with van der Waals surface area (Å²) in [5.41, 5.74) is 9.04. The van der Waals surface area contributed by atoms with Crippen LogP contribution in [0.1, 0.15) is 12.5 Å². The van der Waals surface area contributed by atoms with Crippen molar-refractivity contribution in [2.45, 2.75) is 19.6 Å². The van der Waals surface area contributed by atoms with Crippen molar-refractivity contribution in [1.29, 1.82) is 0 Å². The van der Waals surface area contributed by atoms with Gasteiger partial charge in [-0.25, -0.2) is 0 Å². The van der Waals surface area contributed by atoms with Gasteiger partial charge in [0.1, 0.15) is 0 Å². The zero-order valence-electron chi connectivity index (χ0n) is 9.50. The zero-order valence-corrected chi connectivity index (χ0v) is 10.4. The minimum atomic E-state index is -0.833. The van der Waals surface area contributed by atoms with Gasteiger partial charge in [-0.1, -0.05) is 0 Å². The number of nitrogens with two attached hydrogens (primary N) is 1. The molecule has 1 rings (SSSR count). The summed E-state index contributed by atoms with van der Waals surface area (Å²) in [5.74, 6) is -0.921. The first kappa shape index (κ1) is 13.7. The van der Waals surface area contributed by atoms with Crippen LogP contribution in [0.5, 0.6) is 0 Å². The van der Waals surface area contributed by atoms with Crippen LogP contribution in [-0.4, -0.2) is 12.0 Å². The molecule has 90 valence electrons. The number of hydrogen-bond donors (Lipinski definition) is 1. The van der Waals surface area contributed by atoms with Crippen molar-refractivity contribution in [3.8, 4) is 5.63 Å². The van der Waals surface area contributed by atoms with Gasteiger partial charge in [-0.3, -0.25) is 0 Å². The molecule has 1 aromatic carbocycles. The van der Waals surface area contributed by atoms with Crippen LogP contribution < -0.4 is 5.73 Å². The van der Waals surface area contributed by atoms with Gasteiger partial charge in [0.05, 0.1) is 0 Å². The average Bonchev–Trinajstić information content (AvgIpc) is 2.36. The topological polar surface area (TPSA) is 69.4 Å². The SMILES string of the molecule is CC(C#P=O)[C@H](N)C(=O)OCc1ccccc1. The van der Waals surface area contributed by atoms with Gasteiger partial charge in [0.25, 0.3) is 0 Å². The molecule has 0 amide bonds. The predicted molar refractivity (Wildman–Crippen MR) is 64.9 cm³/mol. The van der Waals surface area contributed by atoms with E-state index in [1.165, 1.54) is 0 Å². The van der Waals surface area contributed by atoms with Crippen LogP contribution in [-0.2, 0) is 20.7 Å². The summed E-state index contributed by atoms with van der Waals surface area (Å²) in [5, 5.41) is 0. The molecule has 2 N–H and O–H groups in total. The van der Waals surface area contributed by atoms with E-state index in [4.69, 9.17) is 10.5 Å². The van der Waals surface area contributed by atoms with Crippen molar-refractivity contribution in [3.63, 3.8) is 0 Å². The molecule has 0 saturated heterocycles. The van der Waals surface area contributed by atoms with Crippen molar-refractivity contribution in [1.82, 2.24) is 0 Å². The van der Waals surface area contributed by atoms with Crippen molar-refractivity contribution in [3.05, 3.63) is 35.9 Å². The molecule has 0 bridgehead atoms.